The third-order valence-corrected chi connectivity index (χ3v) is 4.33. The van der Waals surface area contributed by atoms with E-state index in [9.17, 15) is 14.4 Å². The number of rotatable bonds is 6. The number of nitrogens with one attached hydrogen (secondary N) is 1. The maximum Gasteiger partial charge on any atom is 0.290 e. The average molecular weight is 368 g/mol. The van der Waals surface area contributed by atoms with E-state index in [1.807, 2.05) is 36.4 Å². The van der Waals surface area contributed by atoms with E-state index in [2.05, 4.69) is 5.32 Å². The van der Waals surface area contributed by atoms with E-state index in [4.69, 9.17) is 9.47 Å². The Morgan fingerprint density at radius 1 is 1.04 bits per heavy atom. The molecule has 7 heteroatoms. The van der Waals surface area contributed by atoms with Crippen LogP contribution in [0.3, 0.4) is 0 Å². The molecule has 1 fully saturated rings. The van der Waals surface area contributed by atoms with Gasteiger partial charge in [0.25, 0.3) is 5.91 Å². The monoisotopic (exact) mass is 368 g/mol. The lowest BCUT2D eigenvalue weighted by Crippen LogP contribution is -2.35. The molecule has 0 bridgehead atoms. The minimum Gasteiger partial charge on any atom is -0.497 e. The number of amides is 2. The fraction of sp³-hybridized carbons (Fsp3) is 0.250. The van der Waals surface area contributed by atoms with E-state index < -0.39 is 23.5 Å². The molecule has 0 aromatic heterocycles. The number of hydrogen-bond donors (Lipinski definition) is 1. The number of benzene rings is 2. The third-order valence-electron chi connectivity index (χ3n) is 4.33. The van der Waals surface area contributed by atoms with Gasteiger partial charge in [-0.3, -0.25) is 14.4 Å². The molecule has 2 aromatic carbocycles. The molecule has 0 saturated carbocycles. The van der Waals surface area contributed by atoms with Crippen molar-refractivity contribution < 1.29 is 23.9 Å². The van der Waals surface area contributed by atoms with E-state index >= 15 is 0 Å². The van der Waals surface area contributed by atoms with Crippen molar-refractivity contribution in [3.05, 3.63) is 54.1 Å². The first-order valence-corrected chi connectivity index (χ1v) is 8.46. The van der Waals surface area contributed by atoms with Gasteiger partial charge in [-0.15, -0.1) is 0 Å². The molecule has 2 aromatic rings. The highest BCUT2D eigenvalue weighted by Gasteiger charge is 2.41. The second-order valence-electron chi connectivity index (χ2n) is 6.24. The molecule has 0 spiro atoms. The molecule has 1 unspecified atom stereocenters. The molecule has 0 aliphatic carbocycles. The lowest BCUT2D eigenvalue weighted by molar-refractivity contribution is -0.142. The van der Waals surface area contributed by atoms with Crippen molar-refractivity contribution in [2.24, 2.45) is 5.92 Å². The van der Waals surface area contributed by atoms with Crippen LogP contribution in [-0.2, 0) is 20.9 Å². The number of carbonyl (C=O) groups is 3. The topological polar surface area (TPSA) is 84.9 Å². The van der Waals surface area contributed by atoms with Gasteiger partial charge < -0.3 is 19.7 Å². The van der Waals surface area contributed by atoms with Crippen LogP contribution in [0.5, 0.6) is 17.2 Å². The average Bonchev–Trinajstić information content (AvgIpc) is 2.95. The predicted molar refractivity (Wildman–Crippen MR) is 97.5 cm³/mol. The summed E-state index contributed by atoms with van der Waals surface area (Å²) in [5, 5.41) is 2.70. The molecule has 0 radical (unpaired) electrons. The maximum absolute atomic E-state index is 12.1. The molecule has 1 saturated heterocycles. The Hall–Kier alpha value is -3.35. The van der Waals surface area contributed by atoms with E-state index in [-0.39, 0.29) is 13.1 Å². The normalized spacial score (nSPS) is 16.4. The van der Waals surface area contributed by atoms with Crippen molar-refractivity contribution in [2.75, 3.05) is 20.7 Å². The number of methoxy groups -OCH3 is 1. The summed E-state index contributed by atoms with van der Waals surface area (Å²) in [5.41, 5.74) is 0.857. The fourth-order valence-electron chi connectivity index (χ4n) is 2.75. The smallest absolute Gasteiger partial charge is 0.290 e. The van der Waals surface area contributed by atoms with Gasteiger partial charge in [0.15, 0.2) is 0 Å². The number of likely N-dealkylation sites (N-methyl/N-ethyl adjacent to an activating group) is 1. The molecular weight excluding hydrogens is 348 g/mol. The van der Waals surface area contributed by atoms with Crippen molar-refractivity contribution in [1.82, 2.24) is 10.2 Å². The summed E-state index contributed by atoms with van der Waals surface area (Å²) in [6.07, 6.45) is 0. The summed E-state index contributed by atoms with van der Waals surface area (Å²) in [5.74, 6) is -0.536. The largest absolute Gasteiger partial charge is 0.497 e. The summed E-state index contributed by atoms with van der Waals surface area (Å²) in [6, 6.07) is 14.5. The van der Waals surface area contributed by atoms with Gasteiger partial charge >= 0.3 is 0 Å². The summed E-state index contributed by atoms with van der Waals surface area (Å²) in [4.78, 5) is 36.6. The highest BCUT2D eigenvalue weighted by atomic mass is 16.5. The highest BCUT2D eigenvalue weighted by Crippen LogP contribution is 2.24. The van der Waals surface area contributed by atoms with E-state index in [1.54, 1.807) is 19.2 Å². The van der Waals surface area contributed by atoms with Crippen LogP contribution >= 0.6 is 0 Å². The number of ketones is 1. The Morgan fingerprint density at radius 3 is 2.11 bits per heavy atom. The van der Waals surface area contributed by atoms with Crippen molar-refractivity contribution in [3.8, 4) is 17.2 Å². The summed E-state index contributed by atoms with van der Waals surface area (Å²) in [6.45, 7) is 0.390. The summed E-state index contributed by atoms with van der Waals surface area (Å²) < 4.78 is 10.9. The van der Waals surface area contributed by atoms with Crippen LogP contribution in [0.25, 0.3) is 0 Å². The first kappa shape index (κ1) is 18.4. The number of likely N-dealkylation sites (tertiary alicyclic amines) is 1. The Balaban J connectivity index is 1.53. The van der Waals surface area contributed by atoms with Gasteiger partial charge in [-0.2, -0.15) is 0 Å². The second kappa shape index (κ2) is 7.90. The molecule has 7 nitrogen and oxygen atoms in total. The van der Waals surface area contributed by atoms with Gasteiger partial charge in [-0.1, -0.05) is 12.1 Å². The van der Waals surface area contributed by atoms with Crippen LogP contribution in [0, 0.1) is 5.92 Å². The van der Waals surface area contributed by atoms with E-state index in [1.165, 1.54) is 11.9 Å². The first-order valence-electron chi connectivity index (χ1n) is 8.46. The molecule has 27 heavy (non-hydrogen) atoms. The van der Waals surface area contributed by atoms with Crippen LogP contribution in [0.2, 0.25) is 0 Å². The van der Waals surface area contributed by atoms with Crippen molar-refractivity contribution >= 4 is 17.6 Å². The fourth-order valence-corrected chi connectivity index (χ4v) is 2.75. The Labute approximate surface area is 156 Å². The Morgan fingerprint density at radius 2 is 1.59 bits per heavy atom. The summed E-state index contributed by atoms with van der Waals surface area (Å²) in [7, 11) is 3.11. The lowest BCUT2D eigenvalue weighted by Gasteiger charge is -2.11. The van der Waals surface area contributed by atoms with Gasteiger partial charge in [0.05, 0.1) is 7.11 Å². The molecule has 3 rings (SSSR count). The zero-order chi connectivity index (χ0) is 19.4. The van der Waals surface area contributed by atoms with Crippen LogP contribution in [-0.4, -0.2) is 43.2 Å². The van der Waals surface area contributed by atoms with Gasteiger partial charge in [-0.05, 0) is 42.0 Å². The highest BCUT2D eigenvalue weighted by molar-refractivity contribution is 6.42. The van der Waals surface area contributed by atoms with Crippen LogP contribution in [0.4, 0.5) is 0 Å². The SMILES string of the molecule is COc1ccc(Oc2ccc(CNC(=O)C3CN(C)C(=O)C3=O)cc2)cc1. The van der Waals surface area contributed by atoms with Crippen molar-refractivity contribution in [2.45, 2.75) is 6.54 Å². The number of hydrogen-bond acceptors (Lipinski definition) is 5. The third kappa shape index (κ3) is 4.25. The van der Waals surface area contributed by atoms with Crippen molar-refractivity contribution in [1.29, 1.82) is 0 Å². The minimum atomic E-state index is -0.930. The number of nitrogens with zero attached hydrogens (tertiary/aromatic N) is 1. The lowest BCUT2D eigenvalue weighted by atomic mass is 10.1. The Bertz CT molecular complexity index is 846. The molecule has 2 amide bonds. The first-order chi connectivity index (χ1) is 13.0. The van der Waals surface area contributed by atoms with Gasteiger partial charge in [0.2, 0.25) is 11.7 Å². The molecule has 1 aliphatic heterocycles. The van der Waals surface area contributed by atoms with Gasteiger partial charge in [0.1, 0.15) is 23.2 Å². The zero-order valence-corrected chi connectivity index (χ0v) is 15.1. The van der Waals surface area contributed by atoms with E-state index in [0.717, 1.165) is 11.3 Å². The molecule has 1 heterocycles. The predicted octanol–water partition coefficient (Wildman–Crippen LogP) is 1.76. The van der Waals surface area contributed by atoms with Crippen molar-refractivity contribution in [3.63, 3.8) is 0 Å². The molecule has 1 atom stereocenters. The molecule has 1 N–H and O–H groups in total. The van der Waals surface area contributed by atoms with Gasteiger partial charge in [-0.25, -0.2) is 0 Å². The second-order valence-corrected chi connectivity index (χ2v) is 6.24. The number of carbonyl (C=O) groups excluding carboxylic acids is 3. The summed E-state index contributed by atoms with van der Waals surface area (Å²) >= 11 is 0. The number of ether oxygens (including phenoxy) is 2. The quantitative estimate of drug-likeness (QED) is 0.620. The van der Waals surface area contributed by atoms with Crippen LogP contribution < -0.4 is 14.8 Å². The molecular formula is C20H20N2O5. The van der Waals surface area contributed by atoms with E-state index in [0.29, 0.717) is 11.5 Å². The minimum absolute atomic E-state index is 0.123. The number of Topliss-reactive ketones (excluding diaryl/α,β-unsaturated/α-hetero) is 1. The van der Waals surface area contributed by atoms with Crippen LogP contribution in [0.1, 0.15) is 5.56 Å². The van der Waals surface area contributed by atoms with Crippen LogP contribution in [0.15, 0.2) is 48.5 Å². The Kier molecular flexibility index (Phi) is 5.40. The zero-order valence-electron chi connectivity index (χ0n) is 15.1. The standard InChI is InChI=1S/C20H20N2O5/c1-22-12-17(18(23)20(22)25)19(24)21-11-13-3-5-15(6-4-13)27-16-9-7-14(26-2)8-10-16/h3-10,17H,11-12H2,1-2H3,(H,21,24). The molecule has 140 valence electrons. The maximum atomic E-state index is 12.1. The van der Waals surface area contributed by atoms with Gasteiger partial charge in [0, 0.05) is 20.1 Å². The molecule has 1 aliphatic rings.